The van der Waals surface area contributed by atoms with E-state index in [2.05, 4.69) is 86.2 Å². The molecule has 0 unspecified atom stereocenters. The van der Waals surface area contributed by atoms with Crippen LogP contribution < -0.4 is 0 Å². The summed E-state index contributed by atoms with van der Waals surface area (Å²) in [4.78, 5) is 0. The molecule has 0 aliphatic rings. The highest BCUT2D eigenvalue weighted by molar-refractivity contribution is 5.32. The quantitative estimate of drug-likeness (QED) is 0.417. The summed E-state index contributed by atoms with van der Waals surface area (Å²) < 4.78 is 0. The van der Waals surface area contributed by atoms with Crippen LogP contribution in [0.3, 0.4) is 0 Å². The Balaban J connectivity index is -0.0000000626. The highest BCUT2D eigenvalue weighted by Gasteiger charge is 1.93. The second kappa shape index (κ2) is 50.9. The lowest BCUT2D eigenvalue weighted by atomic mass is 10.0. The van der Waals surface area contributed by atoms with Crippen LogP contribution in [-0.4, -0.2) is 0 Å². The zero-order valence-electron chi connectivity index (χ0n) is 22.9. The minimum Gasteiger partial charge on any atom is -0.106 e. The van der Waals surface area contributed by atoms with Gasteiger partial charge in [-0.1, -0.05) is 125 Å². The standard InChI is InChI=1S/C10H13.C5H10.C5H9.C4H10.2C2H6.C2H4/c1-4-10-7-8(2)5-6-9(10)3;2*1-3-5-4-2;1-3-4-2;3*1-2/h5-7H,2,4H2,1,3H3;5H,1,3-4H2,2H3;3-5H,1-2H3;3-4H2,1-2H3;2*1-2H3;1-2H2/b;;5-3-;;;;. The van der Waals surface area contributed by atoms with Gasteiger partial charge in [-0.15, -0.1) is 13.2 Å². The van der Waals surface area contributed by atoms with Gasteiger partial charge < -0.3 is 0 Å². The van der Waals surface area contributed by atoms with Gasteiger partial charge in [-0.3, -0.25) is 0 Å². The first-order chi connectivity index (χ1) is 14.5. The average molecular weight is 419 g/mol. The van der Waals surface area contributed by atoms with E-state index >= 15 is 0 Å². The van der Waals surface area contributed by atoms with Gasteiger partial charge in [0.05, 0.1) is 0 Å². The van der Waals surface area contributed by atoms with Crippen LogP contribution in [0.4, 0.5) is 0 Å². The van der Waals surface area contributed by atoms with Crippen LogP contribution in [0.5, 0.6) is 0 Å². The predicted octanol–water partition coefficient (Wildman–Crippen LogP) is 11.0. The Labute approximate surface area is 195 Å². The Morgan fingerprint density at radius 1 is 0.867 bits per heavy atom. The number of aryl methyl sites for hydroxylation is 2. The van der Waals surface area contributed by atoms with Gasteiger partial charge >= 0.3 is 0 Å². The van der Waals surface area contributed by atoms with Crippen molar-refractivity contribution in [3.8, 4) is 0 Å². The fourth-order valence-electron chi connectivity index (χ4n) is 1.50. The minimum atomic E-state index is 0.969. The van der Waals surface area contributed by atoms with Crippen LogP contribution in [-0.2, 0) is 6.42 Å². The van der Waals surface area contributed by atoms with Crippen molar-refractivity contribution in [2.75, 3.05) is 0 Å². The van der Waals surface area contributed by atoms with Crippen molar-refractivity contribution in [1.82, 2.24) is 0 Å². The smallest absolute Gasteiger partial charge is 0.0202 e. The summed E-state index contributed by atoms with van der Waals surface area (Å²) in [6.45, 7) is 36.3. The Bertz CT molecular complexity index is 370. The molecule has 0 spiro atoms. The third-order valence-corrected chi connectivity index (χ3v) is 3.17. The van der Waals surface area contributed by atoms with Gasteiger partial charge in [0.2, 0.25) is 0 Å². The lowest BCUT2D eigenvalue weighted by molar-refractivity contribution is 0.886. The first-order valence-electron chi connectivity index (χ1n) is 11.9. The zero-order chi connectivity index (χ0) is 25.2. The predicted molar refractivity (Wildman–Crippen MR) is 149 cm³/mol. The molecule has 0 aromatic heterocycles. The van der Waals surface area contributed by atoms with Crippen LogP contribution in [0.15, 0.2) is 43.5 Å². The third kappa shape index (κ3) is 50.4. The topological polar surface area (TPSA) is 0 Å². The van der Waals surface area contributed by atoms with Gasteiger partial charge in [0.1, 0.15) is 0 Å². The summed E-state index contributed by atoms with van der Waals surface area (Å²) in [6, 6.07) is 6.32. The monoisotopic (exact) mass is 418 g/mol. The fraction of sp³-hybridized carbons (Fsp3) is 0.533. The third-order valence-electron chi connectivity index (χ3n) is 3.17. The first-order valence-corrected chi connectivity index (χ1v) is 11.9. The molecule has 1 aromatic rings. The normalized spacial score (nSPS) is 7.90. The van der Waals surface area contributed by atoms with Gasteiger partial charge in [-0.25, -0.2) is 0 Å². The summed E-state index contributed by atoms with van der Waals surface area (Å²) >= 11 is 0. The van der Waals surface area contributed by atoms with Crippen molar-refractivity contribution in [3.05, 3.63) is 86.9 Å². The highest BCUT2D eigenvalue weighted by atomic mass is 14.0. The number of hydrogen-bond donors (Lipinski definition) is 0. The van der Waals surface area contributed by atoms with Crippen molar-refractivity contribution >= 4 is 0 Å². The van der Waals surface area contributed by atoms with Gasteiger partial charge in [0.15, 0.2) is 0 Å². The maximum absolute atomic E-state index is 3.87. The minimum absolute atomic E-state index is 0.969. The Morgan fingerprint density at radius 2 is 1.33 bits per heavy atom. The zero-order valence-corrected chi connectivity index (χ0v) is 22.9. The van der Waals surface area contributed by atoms with E-state index < -0.39 is 0 Å². The van der Waals surface area contributed by atoms with Gasteiger partial charge in [-0.2, -0.15) is 0 Å². The molecular formula is C30H58. The molecule has 0 aliphatic carbocycles. The molecule has 0 saturated carbocycles. The fourth-order valence-corrected chi connectivity index (χ4v) is 1.50. The van der Waals surface area contributed by atoms with E-state index in [4.69, 9.17) is 0 Å². The lowest BCUT2D eigenvalue weighted by Crippen LogP contribution is -1.86. The van der Waals surface area contributed by atoms with Crippen LogP contribution in [0.25, 0.3) is 0 Å². The molecule has 178 valence electrons. The summed E-state index contributed by atoms with van der Waals surface area (Å²) in [6.07, 6.45) is 14.0. The van der Waals surface area contributed by atoms with E-state index in [0.29, 0.717) is 0 Å². The van der Waals surface area contributed by atoms with Crippen molar-refractivity contribution in [2.24, 2.45) is 0 Å². The highest BCUT2D eigenvalue weighted by Crippen LogP contribution is 2.10. The van der Waals surface area contributed by atoms with E-state index in [9.17, 15) is 0 Å². The molecule has 4 radical (unpaired) electrons. The second-order valence-electron chi connectivity index (χ2n) is 5.46. The van der Waals surface area contributed by atoms with Crippen molar-refractivity contribution in [2.45, 2.75) is 108 Å². The molecule has 1 rings (SSSR count). The molecule has 0 heterocycles. The van der Waals surface area contributed by atoms with E-state index in [0.717, 1.165) is 24.8 Å². The molecule has 0 fully saturated rings. The van der Waals surface area contributed by atoms with Gasteiger partial charge in [0, 0.05) is 0 Å². The summed E-state index contributed by atoms with van der Waals surface area (Å²) in [5.41, 5.74) is 3.89. The summed E-state index contributed by atoms with van der Waals surface area (Å²) in [7, 11) is 0. The van der Waals surface area contributed by atoms with E-state index in [1.807, 2.05) is 60.1 Å². The molecule has 0 aliphatic heterocycles. The average Bonchev–Trinajstić information content (AvgIpc) is 2.81. The Morgan fingerprint density at radius 3 is 1.50 bits per heavy atom. The number of allylic oxidation sites excluding steroid dienone is 2. The Hall–Kier alpha value is -1.30. The molecule has 0 bridgehead atoms. The molecule has 0 atom stereocenters. The molecular weight excluding hydrogens is 360 g/mol. The maximum Gasteiger partial charge on any atom is -0.0202 e. The number of benzene rings is 1. The second-order valence-corrected chi connectivity index (χ2v) is 5.46. The molecule has 1 aromatic carbocycles. The molecule has 0 amide bonds. The molecule has 30 heavy (non-hydrogen) atoms. The van der Waals surface area contributed by atoms with Gasteiger partial charge in [-0.05, 0) is 56.7 Å². The van der Waals surface area contributed by atoms with Crippen molar-refractivity contribution in [1.29, 1.82) is 0 Å². The van der Waals surface area contributed by atoms with Crippen LogP contribution in [0.2, 0.25) is 0 Å². The number of unbranched alkanes of at least 4 members (excludes halogenated alkanes) is 3. The summed E-state index contributed by atoms with van der Waals surface area (Å²) in [5, 5.41) is 0. The number of rotatable bonds is 5. The SMILES string of the molecule is C=C.CC.CC.CCCC.C[CH]/C=C\C.[CH2]C[CH]CC.[CH2]c1ccc(C)c(CC)c1. The van der Waals surface area contributed by atoms with E-state index in [1.54, 1.807) is 0 Å². The molecule has 0 N–H and O–H groups in total. The molecule has 0 nitrogen and oxygen atoms in total. The molecule has 0 saturated heterocycles. The van der Waals surface area contributed by atoms with Gasteiger partial charge in [0.25, 0.3) is 0 Å². The number of hydrogen-bond acceptors (Lipinski definition) is 0. The largest absolute Gasteiger partial charge is 0.106 e. The first kappa shape index (κ1) is 42.7. The van der Waals surface area contributed by atoms with E-state index in [1.165, 1.54) is 24.0 Å². The van der Waals surface area contributed by atoms with Crippen LogP contribution in [0.1, 0.15) is 112 Å². The summed E-state index contributed by atoms with van der Waals surface area (Å²) in [5.74, 6) is 0. The Kier molecular flexibility index (Phi) is 72.5. The van der Waals surface area contributed by atoms with E-state index in [-0.39, 0.29) is 0 Å². The van der Waals surface area contributed by atoms with Crippen LogP contribution in [0, 0.1) is 33.6 Å². The maximum atomic E-state index is 3.87. The lowest BCUT2D eigenvalue weighted by Gasteiger charge is -2.02. The van der Waals surface area contributed by atoms with Crippen molar-refractivity contribution < 1.29 is 0 Å². The molecule has 0 heteroatoms. The van der Waals surface area contributed by atoms with Crippen LogP contribution >= 0.6 is 0 Å². The van der Waals surface area contributed by atoms with Crippen molar-refractivity contribution in [3.63, 3.8) is 0 Å².